The first-order valence-electron chi connectivity index (χ1n) is 8.01. The van der Waals surface area contributed by atoms with E-state index in [1.54, 1.807) is 0 Å². The summed E-state index contributed by atoms with van der Waals surface area (Å²) in [5.41, 5.74) is 8.34. The van der Waals surface area contributed by atoms with Crippen molar-refractivity contribution < 1.29 is 13.2 Å². The Morgan fingerprint density at radius 3 is 2.78 bits per heavy atom. The van der Waals surface area contributed by atoms with Crippen molar-refractivity contribution in [2.75, 3.05) is 18.6 Å². The van der Waals surface area contributed by atoms with E-state index < -0.39 is 15.9 Å². The molecule has 2 rings (SSSR count). The molecule has 0 heterocycles. The molecule has 6 heteroatoms. The molecule has 5 nitrogen and oxygen atoms in total. The number of nitrogens with two attached hydrogens (primary N) is 1. The van der Waals surface area contributed by atoms with Crippen molar-refractivity contribution in [2.24, 2.45) is 5.73 Å². The van der Waals surface area contributed by atoms with Crippen LogP contribution in [0.2, 0.25) is 0 Å². The van der Waals surface area contributed by atoms with Gasteiger partial charge in [-0.25, -0.2) is 8.42 Å². The molecule has 1 amide bonds. The molecule has 2 atom stereocenters. The number of nitrogens with one attached hydrogen (secondary N) is 1. The third-order valence-electron chi connectivity index (χ3n) is 4.63. The first kappa shape index (κ1) is 17.9. The van der Waals surface area contributed by atoms with Crippen molar-refractivity contribution in [3.63, 3.8) is 0 Å². The highest BCUT2D eigenvalue weighted by Crippen LogP contribution is 2.36. The number of rotatable bonds is 6. The second-order valence-electron chi connectivity index (χ2n) is 6.81. The van der Waals surface area contributed by atoms with Crippen molar-refractivity contribution in [2.45, 2.75) is 44.1 Å². The summed E-state index contributed by atoms with van der Waals surface area (Å²) >= 11 is 0. The quantitative estimate of drug-likeness (QED) is 0.814. The second kappa shape index (κ2) is 7.01. The fraction of sp³-hybridized carbons (Fsp3) is 0.588. The normalized spacial score (nSPS) is 22.2. The minimum absolute atomic E-state index is 0.0678. The number of fused-ring (bicyclic) bond motifs is 1. The highest BCUT2D eigenvalue weighted by atomic mass is 32.2. The van der Waals surface area contributed by atoms with Gasteiger partial charge >= 0.3 is 0 Å². The monoisotopic (exact) mass is 338 g/mol. The molecule has 0 saturated carbocycles. The number of amides is 1. The molecule has 0 aromatic heterocycles. The lowest BCUT2D eigenvalue weighted by Crippen LogP contribution is -2.47. The molecule has 1 aliphatic rings. The number of hydrogen-bond donors (Lipinski definition) is 2. The summed E-state index contributed by atoms with van der Waals surface area (Å²) in [6.07, 6.45) is 4.50. The van der Waals surface area contributed by atoms with E-state index in [1.165, 1.54) is 11.1 Å². The van der Waals surface area contributed by atoms with Gasteiger partial charge in [0.2, 0.25) is 5.91 Å². The molecule has 0 aliphatic heterocycles. The molecule has 0 saturated heterocycles. The Morgan fingerprint density at radius 2 is 2.09 bits per heavy atom. The summed E-state index contributed by atoms with van der Waals surface area (Å²) in [5, 5.41) is 2.91. The predicted molar refractivity (Wildman–Crippen MR) is 92.0 cm³/mol. The third-order valence-corrected chi connectivity index (χ3v) is 5.61. The Kier molecular flexibility index (Phi) is 5.47. The lowest BCUT2D eigenvalue weighted by Gasteiger charge is -2.36. The van der Waals surface area contributed by atoms with Crippen LogP contribution < -0.4 is 11.1 Å². The van der Waals surface area contributed by atoms with Gasteiger partial charge in [0.1, 0.15) is 9.84 Å². The predicted octanol–water partition coefficient (Wildman–Crippen LogP) is 1.16. The first-order chi connectivity index (χ1) is 10.7. The topological polar surface area (TPSA) is 89.3 Å². The van der Waals surface area contributed by atoms with Gasteiger partial charge in [-0.2, -0.15) is 0 Å². The Bertz CT molecular complexity index is 672. The van der Waals surface area contributed by atoms with Crippen molar-refractivity contribution in [3.05, 3.63) is 35.4 Å². The minimum atomic E-state index is -3.10. The van der Waals surface area contributed by atoms with Gasteiger partial charge in [0.05, 0.1) is 11.8 Å². The van der Waals surface area contributed by atoms with Crippen LogP contribution in [0.15, 0.2) is 24.3 Å². The maximum atomic E-state index is 12.1. The van der Waals surface area contributed by atoms with Gasteiger partial charge in [-0.15, -0.1) is 0 Å². The van der Waals surface area contributed by atoms with Gasteiger partial charge in [0, 0.05) is 18.2 Å². The highest BCUT2D eigenvalue weighted by Gasteiger charge is 2.32. The zero-order valence-electron chi connectivity index (χ0n) is 13.8. The standard InChI is InChI=1S/C17H26N2O3S/c1-17(10-5-7-13-6-3-4-8-14(13)17)12-19-16(20)15(18)9-11-23(2,21)22/h3-4,6,8,15H,5,7,9-12,18H2,1-2H3,(H,19,20). The average Bonchev–Trinajstić information content (AvgIpc) is 2.50. The summed E-state index contributed by atoms with van der Waals surface area (Å²) in [4.78, 5) is 12.1. The van der Waals surface area contributed by atoms with Gasteiger partial charge in [-0.1, -0.05) is 31.2 Å². The first-order valence-corrected chi connectivity index (χ1v) is 10.1. The van der Waals surface area contributed by atoms with Crippen molar-refractivity contribution in [1.82, 2.24) is 5.32 Å². The van der Waals surface area contributed by atoms with E-state index in [0.29, 0.717) is 6.54 Å². The molecule has 0 fully saturated rings. The molecule has 1 aromatic carbocycles. The Hall–Kier alpha value is -1.40. The zero-order valence-corrected chi connectivity index (χ0v) is 14.7. The summed E-state index contributed by atoms with van der Waals surface area (Å²) in [6, 6.07) is 7.57. The second-order valence-corrected chi connectivity index (χ2v) is 9.07. The van der Waals surface area contributed by atoms with Crippen LogP contribution in [0, 0.1) is 0 Å². The fourth-order valence-electron chi connectivity index (χ4n) is 3.20. The zero-order chi connectivity index (χ0) is 17.1. The molecule has 23 heavy (non-hydrogen) atoms. The van der Waals surface area contributed by atoms with Crippen LogP contribution in [0.5, 0.6) is 0 Å². The van der Waals surface area contributed by atoms with Crippen LogP contribution in [0.3, 0.4) is 0 Å². The van der Waals surface area contributed by atoms with E-state index in [4.69, 9.17) is 5.73 Å². The lowest BCUT2D eigenvalue weighted by molar-refractivity contribution is -0.122. The van der Waals surface area contributed by atoms with E-state index in [9.17, 15) is 13.2 Å². The number of benzene rings is 1. The molecule has 1 aromatic rings. The Balaban J connectivity index is 1.96. The van der Waals surface area contributed by atoms with Gasteiger partial charge in [-0.05, 0) is 36.8 Å². The van der Waals surface area contributed by atoms with Crippen LogP contribution in [-0.4, -0.2) is 38.9 Å². The maximum Gasteiger partial charge on any atom is 0.236 e. The van der Waals surface area contributed by atoms with E-state index in [0.717, 1.165) is 25.5 Å². The van der Waals surface area contributed by atoms with Gasteiger partial charge < -0.3 is 11.1 Å². The molecule has 128 valence electrons. The van der Waals surface area contributed by atoms with Crippen LogP contribution in [0.4, 0.5) is 0 Å². The molecular weight excluding hydrogens is 312 g/mol. The number of carbonyl (C=O) groups is 1. The smallest absolute Gasteiger partial charge is 0.236 e. The lowest BCUT2D eigenvalue weighted by atomic mass is 9.71. The SMILES string of the molecule is CC1(CNC(=O)C(N)CCS(C)(=O)=O)CCCc2ccccc21. The molecule has 3 N–H and O–H groups in total. The molecule has 2 unspecified atom stereocenters. The number of sulfone groups is 1. The highest BCUT2D eigenvalue weighted by molar-refractivity contribution is 7.90. The van der Waals surface area contributed by atoms with Crippen molar-refractivity contribution in [1.29, 1.82) is 0 Å². The van der Waals surface area contributed by atoms with Crippen LogP contribution in [0.25, 0.3) is 0 Å². The summed E-state index contributed by atoms with van der Waals surface area (Å²) in [6.45, 7) is 2.68. The summed E-state index contributed by atoms with van der Waals surface area (Å²) in [7, 11) is -3.10. The van der Waals surface area contributed by atoms with Gasteiger partial charge in [0.15, 0.2) is 0 Å². The van der Waals surface area contributed by atoms with E-state index in [-0.39, 0.29) is 23.5 Å². The van der Waals surface area contributed by atoms with E-state index in [1.807, 2.05) is 12.1 Å². The van der Waals surface area contributed by atoms with Gasteiger partial charge in [0.25, 0.3) is 0 Å². The van der Waals surface area contributed by atoms with Gasteiger partial charge in [-0.3, -0.25) is 4.79 Å². The number of hydrogen-bond acceptors (Lipinski definition) is 4. The third kappa shape index (κ3) is 4.78. The van der Waals surface area contributed by atoms with Crippen molar-refractivity contribution >= 4 is 15.7 Å². The largest absolute Gasteiger partial charge is 0.354 e. The molecule has 0 radical (unpaired) electrons. The Morgan fingerprint density at radius 1 is 1.39 bits per heavy atom. The number of aryl methyl sites for hydroxylation is 1. The molecule has 0 spiro atoms. The fourth-order valence-corrected chi connectivity index (χ4v) is 3.88. The van der Waals surface area contributed by atoms with Crippen LogP contribution in [0.1, 0.15) is 37.3 Å². The van der Waals surface area contributed by atoms with Crippen molar-refractivity contribution in [3.8, 4) is 0 Å². The van der Waals surface area contributed by atoms with E-state index in [2.05, 4.69) is 24.4 Å². The molecule has 1 aliphatic carbocycles. The summed E-state index contributed by atoms with van der Waals surface area (Å²) < 4.78 is 22.3. The number of carbonyl (C=O) groups excluding carboxylic acids is 1. The molecular formula is C17H26N2O3S. The minimum Gasteiger partial charge on any atom is -0.354 e. The maximum absolute atomic E-state index is 12.1. The van der Waals surface area contributed by atoms with E-state index >= 15 is 0 Å². The van der Waals surface area contributed by atoms with Crippen LogP contribution in [-0.2, 0) is 26.5 Å². The molecule has 0 bridgehead atoms. The average molecular weight is 338 g/mol. The van der Waals surface area contributed by atoms with Crippen LogP contribution >= 0.6 is 0 Å². The Labute approximate surface area is 138 Å². The summed E-state index contributed by atoms with van der Waals surface area (Å²) in [5.74, 6) is -0.347.